The highest BCUT2D eigenvalue weighted by Crippen LogP contribution is 2.35. The van der Waals surface area contributed by atoms with Gasteiger partial charge in [0.1, 0.15) is 5.82 Å². The van der Waals surface area contributed by atoms with Crippen LogP contribution in [0.15, 0.2) is 18.2 Å². The Morgan fingerprint density at radius 3 is 2.42 bits per heavy atom. The molecule has 0 bridgehead atoms. The molecule has 1 atom stereocenters. The van der Waals surface area contributed by atoms with E-state index in [2.05, 4.69) is 0 Å². The second kappa shape index (κ2) is 5.46. The molecule has 1 saturated heterocycles. The van der Waals surface area contributed by atoms with Gasteiger partial charge in [-0.3, -0.25) is 0 Å². The van der Waals surface area contributed by atoms with Gasteiger partial charge in [-0.2, -0.15) is 13.2 Å². The number of hydrogen-bond acceptors (Lipinski definition) is 2. The van der Waals surface area contributed by atoms with Crippen molar-refractivity contribution in [3.05, 3.63) is 35.1 Å². The van der Waals surface area contributed by atoms with Crippen LogP contribution in [-0.2, 0) is 10.9 Å². The lowest BCUT2D eigenvalue weighted by atomic mass is 9.87. The van der Waals surface area contributed by atoms with Gasteiger partial charge in [0, 0.05) is 19.3 Å². The number of rotatable bonds is 2. The molecule has 106 valence electrons. The maximum Gasteiger partial charge on any atom is 0.419 e. The normalized spacial score (nSPS) is 19.4. The van der Waals surface area contributed by atoms with E-state index in [0.29, 0.717) is 31.6 Å². The molecule has 0 spiro atoms. The summed E-state index contributed by atoms with van der Waals surface area (Å²) in [6.07, 6.45) is -3.28. The van der Waals surface area contributed by atoms with Crippen molar-refractivity contribution in [2.24, 2.45) is 11.7 Å². The summed E-state index contributed by atoms with van der Waals surface area (Å²) in [7, 11) is 0. The number of ether oxygens (including phenoxy) is 1. The van der Waals surface area contributed by atoms with Gasteiger partial charge in [-0.15, -0.1) is 0 Å². The van der Waals surface area contributed by atoms with Crippen molar-refractivity contribution in [3.8, 4) is 0 Å². The summed E-state index contributed by atoms with van der Waals surface area (Å²) >= 11 is 0. The zero-order valence-corrected chi connectivity index (χ0v) is 10.2. The lowest BCUT2D eigenvalue weighted by molar-refractivity contribution is -0.140. The molecule has 19 heavy (non-hydrogen) atoms. The van der Waals surface area contributed by atoms with Crippen LogP contribution in [-0.4, -0.2) is 13.2 Å². The fraction of sp³-hybridized carbons (Fsp3) is 0.538. The molecular weight excluding hydrogens is 262 g/mol. The first-order valence-electron chi connectivity index (χ1n) is 6.09. The number of hydrogen-bond donors (Lipinski definition) is 1. The largest absolute Gasteiger partial charge is 0.419 e. The summed E-state index contributed by atoms with van der Waals surface area (Å²) in [4.78, 5) is 0. The highest BCUT2D eigenvalue weighted by atomic mass is 19.4. The first kappa shape index (κ1) is 14.3. The molecule has 0 saturated carbocycles. The summed E-state index contributed by atoms with van der Waals surface area (Å²) in [5.74, 6) is -1.20. The fourth-order valence-corrected chi connectivity index (χ4v) is 2.31. The minimum Gasteiger partial charge on any atom is -0.381 e. The predicted octanol–water partition coefficient (Wildman–Crippen LogP) is 3.27. The third kappa shape index (κ3) is 3.25. The first-order chi connectivity index (χ1) is 8.89. The molecule has 0 radical (unpaired) electrons. The molecule has 0 aromatic heterocycles. The number of nitrogens with two attached hydrogens (primary N) is 1. The van der Waals surface area contributed by atoms with Crippen LogP contribution in [0.5, 0.6) is 0 Å². The smallest absolute Gasteiger partial charge is 0.381 e. The van der Waals surface area contributed by atoms with E-state index in [9.17, 15) is 17.6 Å². The van der Waals surface area contributed by atoms with Gasteiger partial charge >= 0.3 is 6.18 Å². The third-order valence-corrected chi connectivity index (χ3v) is 3.45. The van der Waals surface area contributed by atoms with Crippen molar-refractivity contribution in [3.63, 3.8) is 0 Å². The van der Waals surface area contributed by atoms with E-state index in [-0.39, 0.29) is 5.92 Å². The van der Waals surface area contributed by atoms with Crippen LogP contribution in [0.2, 0.25) is 0 Å². The molecule has 2 nitrogen and oxygen atoms in total. The van der Waals surface area contributed by atoms with Crippen LogP contribution >= 0.6 is 0 Å². The SMILES string of the molecule is N[C@H](c1ccc(F)c(C(F)(F)F)c1)C1CCOCC1. The molecule has 1 aromatic rings. The molecular formula is C13H15F4NO. The average molecular weight is 277 g/mol. The Hall–Kier alpha value is -1.14. The lowest BCUT2D eigenvalue weighted by Gasteiger charge is -2.28. The van der Waals surface area contributed by atoms with Crippen molar-refractivity contribution >= 4 is 0 Å². The molecule has 0 unspecified atom stereocenters. The van der Waals surface area contributed by atoms with Crippen LogP contribution in [0.25, 0.3) is 0 Å². The van der Waals surface area contributed by atoms with Gasteiger partial charge in [-0.25, -0.2) is 4.39 Å². The van der Waals surface area contributed by atoms with E-state index in [0.717, 1.165) is 12.1 Å². The number of alkyl halides is 3. The van der Waals surface area contributed by atoms with Crippen LogP contribution in [0.4, 0.5) is 17.6 Å². The van der Waals surface area contributed by atoms with Gasteiger partial charge in [0.25, 0.3) is 0 Å². The molecule has 2 rings (SSSR count). The van der Waals surface area contributed by atoms with Crippen molar-refractivity contribution in [1.29, 1.82) is 0 Å². The summed E-state index contributed by atoms with van der Waals surface area (Å²) in [6, 6.07) is 2.45. The first-order valence-corrected chi connectivity index (χ1v) is 6.09. The molecule has 0 aliphatic carbocycles. The fourth-order valence-electron chi connectivity index (χ4n) is 2.31. The van der Waals surface area contributed by atoms with Crippen molar-refractivity contribution in [2.75, 3.05) is 13.2 Å². The van der Waals surface area contributed by atoms with Crippen LogP contribution in [0.3, 0.4) is 0 Å². The van der Waals surface area contributed by atoms with E-state index in [1.54, 1.807) is 0 Å². The minimum absolute atomic E-state index is 0.0697. The van der Waals surface area contributed by atoms with Gasteiger partial charge < -0.3 is 10.5 Å². The highest BCUT2D eigenvalue weighted by Gasteiger charge is 2.35. The monoisotopic (exact) mass is 277 g/mol. The molecule has 1 heterocycles. The second-order valence-corrected chi connectivity index (χ2v) is 4.71. The van der Waals surface area contributed by atoms with Gasteiger partial charge in [0.15, 0.2) is 0 Å². The van der Waals surface area contributed by atoms with Crippen molar-refractivity contribution in [2.45, 2.75) is 25.1 Å². The van der Waals surface area contributed by atoms with E-state index < -0.39 is 23.6 Å². The molecule has 1 fully saturated rings. The molecule has 6 heteroatoms. The molecule has 2 N–H and O–H groups in total. The summed E-state index contributed by atoms with van der Waals surface area (Å²) in [5.41, 5.74) is 5.05. The van der Waals surface area contributed by atoms with E-state index in [1.807, 2.05) is 0 Å². The topological polar surface area (TPSA) is 35.2 Å². The molecule has 1 aliphatic rings. The van der Waals surface area contributed by atoms with Gasteiger partial charge in [-0.1, -0.05) is 6.07 Å². The van der Waals surface area contributed by atoms with Crippen molar-refractivity contribution in [1.82, 2.24) is 0 Å². The summed E-state index contributed by atoms with van der Waals surface area (Å²) < 4.78 is 56.3. The number of halogens is 4. The van der Waals surface area contributed by atoms with Crippen molar-refractivity contribution < 1.29 is 22.3 Å². The van der Waals surface area contributed by atoms with Gasteiger partial charge in [-0.05, 0) is 36.5 Å². The minimum atomic E-state index is -4.70. The van der Waals surface area contributed by atoms with E-state index >= 15 is 0 Å². The highest BCUT2D eigenvalue weighted by molar-refractivity contribution is 5.29. The quantitative estimate of drug-likeness (QED) is 0.842. The third-order valence-electron chi connectivity index (χ3n) is 3.45. The molecule has 1 aliphatic heterocycles. The van der Waals surface area contributed by atoms with Crippen LogP contribution < -0.4 is 5.73 Å². The van der Waals surface area contributed by atoms with E-state index in [4.69, 9.17) is 10.5 Å². The zero-order chi connectivity index (χ0) is 14.0. The Balaban J connectivity index is 2.24. The lowest BCUT2D eigenvalue weighted by Crippen LogP contribution is -2.27. The Morgan fingerprint density at radius 2 is 1.84 bits per heavy atom. The standard InChI is InChI=1S/C13H15F4NO/c14-11-2-1-9(7-10(11)13(15,16)17)12(18)8-3-5-19-6-4-8/h1-2,7-8,12H,3-6,18H2/t12-/m0/s1. The zero-order valence-electron chi connectivity index (χ0n) is 10.2. The summed E-state index contributed by atoms with van der Waals surface area (Å²) in [6.45, 7) is 1.12. The average Bonchev–Trinajstić information content (AvgIpc) is 2.38. The van der Waals surface area contributed by atoms with Crippen LogP contribution in [0, 0.1) is 11.7 Å². The Bertz CT molecular complexity index is 441. The maximum absolute atomic E-state index is 13.2. The molecule has 1 aromatic carbocycles. The molecule has 0 amide bonds. The predicted molar refractivity (Wildman–Crippen MR) is 61.9 cm³/mol. The number of benzene rings is 1. The van der Waals surface area contributed by atoms with E-state index in [1.165, 1.54) is 6.07 Å². The Kier molecular flexibility index (Phi) is 4.10. The Labute approximate surface area is 108 Å². The van der Waals surface area contributed by atoms with Crippen LogP contribution in [0.1, 0.15) is 30.0 Å². The second-order valence-electron chi connectivity index (χ2n) is 4.71. The summed E-state index contributed by atoms with van der Waals surface area (Å²) in [5, 5.41) is 0. The maximum atomic E-state index is 13.2. The van der Waals surface area contributed by atoms with Gasteiger partial charge in [0.05, 0.1) is 5.56 Å². The van der Waals surface area contributed by atoms with Gasteiger partial charge in [0.2, 0.25) is 0 Å². The Morgan fingerprint density at radius 1 is 1.21 bits per heavy atom.